The summed E-state index contributed by atoms with van der Waals surface area (Å²) in [7, 11) is 0.0559. The van der Waals surface area contributed by atoms with E-state index >= 15 is 0 Å². The van der Waals surface area contributed by atoms with Gasteiger partial charge in [-0.25, -0.2) is 12.7 Å². The van der Waals surface area contributed by atoms with E-state index in [2.05, 4.69) is 5.32 Å². The Morgan fingerprint density at radius 1 is 1.14 bits per heavy atom. The Labute approximate surface area is 129 Å². The van der Waals surface area contributed by atoms with Gasteiger partial charge >= 0.3 is 0 Å². The van der Waals surface area contributed by atoms with Gasteiger partial charge in [0.05, 0.1) is 4.90 Å². The molecule has 1 N–H and O–H groups in total. The van der Waals surface area contributed by atoms with E-state index < -0.39 is 10.0 Å². The second kappa shape index (κ2) is 6.46. The third-order valence-electron chi connectivity index (χ3n) is 3.39. The van der Waals surface area contributed by atoms with Crippen molar-refractivity contribution in [2.75, 3.05) is 20.6 Å². The standard InChI is InChI=1S/C16H28N2O2S/c1-12-8-13(2)15(9-14(12)10-17-6)21(19,20)18(7)11-16(3,4)5/h8-9,17H,10-11H2,1-7H3. The second-order valence-corrected chi connectivity index (χ2v) is 8.91. The summed E-state index contributed by atoms with van der Waals surface area (Å²) in [5.74, 6) is 0. The molecule has 0 aliphatic carbocycles. The van der Waals surface area contributed by atoms with E-state index in [1.165, 1.54) is 4.31 Å². The fourth-order valence-corrected chi connectivity index (χ4v) is 4.10. The molecule has 0 aliphatic rings. The predicted octanol–water partition coefficient (Wildman–Crippen LogP) is 2.69. The van der Waals surface area contributed by atoms with Crippen LogP contribution in [0.5, 0.6) is 0 Å². The van der Waals surface area contributed by atoms with Gasteiger partial charge in [-0.15, -0.1) is 0 Å². The molecule has 1 aromatic carbocycles. The Balaban J connectivity index is 3.28. The molecule has 4 nitrogen and oxygen atoms in total. The van der Waals surface area contributed by atoms with Crippen LogP contribution in [-0.4, -0.2) is 33.4 Å². The number of nitrogens with zero attached hydrogens (tertiary/aromatic N) is 1. The van der Waals surface area contributed by atoms with E-state index in [0.717, 1.165) is 16.7 Å². The summed E-state index contributed by atoms with van der Waals surface area (Å²) in [6.07, 6.45) is 0. The van der Waals surface area contributed by atoms with Gasteiger partial charge in [-0.3, -0.25) is 0 Å². The maximum Gasteiger partial charge on any atom is 0.243 e. The molecule has 0 heterocycles. The fourth-order valence-electron chi connectivity index (χ4n) is 2.45. The summed E-state index contributed by atoms with van der Waals surface area (Å²) in [5.41, 5.74) is 2.85. The molecule has 0 bridgehead atoms. The summed E-state index contributed by atoms with van der Waals surface area (Å²) in [5, 5.41) is 3.08. The van der Waals surface area contributed by atoms with Gasteiger partial charge in [0.15, 0.2) is 0 Å². The Hall–Kier alpha value is -0.910. The zero-order chi connectivity index (χ0) is 16.4. The number of hydrogen-bond acceptors (Lipinski definition) is 3. The monoisotopic (exact) mass is 312 g/mol. The van der Waals surface area contributed by atoms with Crippen molar-refractivity contribution in [3.05, 3.63) is 28.8 Å². The lowest BCUT2D eigenvalue weighted by Gasteiger charge is -2.27. The quantitative estimate of drug-likeness (QED) is 0.909. The van der Waals surface area contributed by atoms with Crippen LogP contribution in [0.1, 0.15) is 37.5 Å². The minimum Gasteiger partial charge on any atom is -0.316 e. The Bertz CT molecular complexity index is 601. The smallest absolute Gasteiger partial charge is 0.243 e. The van der Waals surface area contributed by atoms with Crippen molar-refractivity contribution in [3.8, 4) is 0 Å². The lowest BCUT2D eigenvalue weighted by molar-refractivity contribution is 0.310. The maximum absolute atomic E-state index is 12.8. The van der Waals surface area contributed by atoms with Crippen LogP contribution >= 0.6 is 0 Å². The molecule has 0 saturated carbocycles. The molecule has 0 fully saturated rings. The average Bonchev–Trinajstić information content (AvgIpc) is 2.30. The maximum atomic E-state index is 12.8. The SMILES string of the molecule is CNCc1cc(S(=O)(=O)N(C)CC(C)(C)C)c(C)cc1C. The molecule has 0 atom stereocenters. The first-order chi connectivity index (χ1) is 9.49. The van der Waals surface area contributed by atoms with Crippen LogP contribution in [0.15, 0.2) is 17.0 Å². The molecule has 120 valence electrons. The lowest BCUT2D eigenvalue weighted by Crippen LogP contribution is -2.35. The van der Waals surface area contributed by atoms with Gasteiger partial charge < -0.3 is 5.32 Å². The Morgan fingerprint density at radius 3 is 2.19 bits per heavy atom. The van der Waals surface area contributed by atoms with Crippen molar-refractivity contribution in [1.29, 1.82) is 0 Å². The van der Waals surface area contributed by atoms with Gasteiger partial charge in [0, 0.05) is 20.1 Å². The normalized spacial score (nSPS) is 13.0. The van der Waals surface area contributed by atoms with Crippen molar-refractivity contribution in [2.45, 2.75) is 46.1 Å². The Kier molecular flexibility index (Phi) is 5.58. The molecule has 0 radical (unpaired) electrons. The van der Waals surface area contributed by atoms with Crippen LogP contribution in [0, 0.1) is 19.3 Å². The summed E-state index contributed by atoms with van der Waals surface area (Å²) in [4.78, 5) is 0.408. The molecule has 1 aromatic rings. The number of hydrogen-bond donors (Lipinski definition) is 1. The first-order valence-electron chi connectivity index (χ1n) is 7.20. The number of nitrogens with one attached hydrogen (secondary N) is 1. The first-order valence-corrected chi connectivity index (χ1v) is 8.64. The second-order valence-electron chi connectivity index (χ2n) is 6.90. The zero-order valence-corrected chi connectivity index (χ0v) is 15.1. The molecule has 0 aromatic heterocycles. The summed E-state index contributed by atoms with van der Waals surface area (Å²) < 4.78 is 27.1. The van der Waals surface area contributed by atoms with Crippen LogP contribution in [-0.2, 0) is 16.6 Å². The van der Waals surface area contributed by atoms with E-state index in [-0.39, 0.29) is 5.41 Å². The van der Waals surface area contributed by atoms with Crippen molar-refractivity contribution in [1.82, 2.24) is 9.62 Å². The molecule has 0 aliphatic heterocycles. The highest BCUT2D eigenvalue weighted by molar-refractivity contribution is 7.89. The summed E-state index contributed by atoms with van der Waals surface area (Å²) >= 11 is 0. The van der Waals surface area contributed by atoms with Gasteiger partial charge in [-0.1, -0.05) is 26.8 Å². The third-order valence-corrected chi connectivity index (χ3v) is 5.33. The van der Waals surface area contributed by atoms with Gasteiger partial charge in [-0.2, -0.15) is 0 Å². The van der Waals surface area contributed by atoms with E-state index in [1.807, 2.05) is 47.7 Å². The first kappa shape index (κ1) is 18.1. The number of benzene rings is 1. The van der Waals surface area contributed by atoms with Crippen LogP contribution in [0.4, 0.5) is 0 Å². The average molecular weight is 312 g/mol. The molecular formula is C16H28N2O2S. The van der Waals surface area contributed by atoms with Crippen LogP contribution in [0.2, 0.25) is 0 Å². The number of sulfonamides is 1. The highest BCUT2D eigenvalue weighted by Gasteiger charge is 2.27. The van der Waals surface area contributed by atoms with Gasteiger partial charge in [0.2, 0.25) is 10.0 Å². The van der Waals surface area contributed by atoms with E-state index in [0.29, 0.717) is 18.0 Å². The summed E-state index contributed by atoms with van der Waals surface area (Å²) in [6, 6.07) is 3.75. The fraction of sp³-hybridized carbons (Fsp3) is 0.625. The van der Waals surface area contributed by atoms with Gasteiger partial charge in [-0.05, 0) is 49.1 Å². The molecule has 0 amide bonds. The molecule has 0 saturated heterocycles. The van der Waals surface area contributed by atoms with Crippen LogP contribution in [0.25, 0.3) is 0 Å². The number of rotatable bonds is 5. The molecule has 5 heteroatoms. The van der Waals surface area contributed by atoms with Crippen LogP contribution in [0.3, 0.4) is 0 Å². The van der Waals surface area contributed by atoms with Crippen LogP contribution < -0.4 is 5.32 Å². The minimum absolute atomic E-state index is 0.0752. The highest BCUT2D eigenvalue weighted by atomic mass is 32.2. The lowest BCUT2D eigenvalue weighted by atomic mass is 9.97. The van der Waals surface area contributed by atoms with Crippen molar-refractivity contribution in [3.63, 3.8) is 0 Å². The number of aryl methyl sites for hydroxylation is 2. The molecular weight excluding hydrogens is 284 g/mol. The van der Waals surface area contributed by atoms with Gasteiger partial charge in [0.25, 0.3) is 0 Å². The minimum atomic E-state index is -3.45. The zero-order valence-electron chi connectivity index (χ0n) is 14.2. The summed E-state index contributed by atoms with van der Waals surface area (Å²) in [6.45, 7) is 11.1. The largest absolute Gasteiger partial charge is 0.316 e. The third kappa shape index (κ3) is 4.53. The van der Waals surface area contributed by atoms with E-state index in [9.17, 15) is 8.42 Å². The molecule has 0 unspecified atom stereocenters. The van der Waals surface area contributed by atoms with Crippen molar-refractivity contribution in [2.24, 2.45) is 5.41 Å². The predicted molar refractivity (Wildman–Crippen MR) is 88.0 cm³/mol. The highest BCUT2D eigenvalue weighted by Crippen LogP contribution is 2.25. The van der Waals surface area contributed by atoms with E-state index in [4.69, 9.17) is 0 Å². The molecule has 0 spiro atoms. The molecule has 21 heavy (non-hydrogen) atoms. The van der Waals surface area contributed by atoms with Crippen molar-refractivity contribution < 1.29 is 8.42 Å². The van der Waals surface area contributed by atoms with Crippen molar-refractivity contribution >= 4 is 10.0 Å². The topological polar surface area (TPSA) is 49.4 Å². The molecule has 1 rings (SSSR count). The Morgan fingerprint density at radius 2 is 1.71 bits per heavy atom. The van der Waals surface area contributed by atoms with Gasteiger partial charge in [0.1, 0.15) is 0 Å². The van der Waals surface area contributed by atoms with E-state index in [1.54, 1.807) is 13.1 Å².